The molecular formula is C21H20F2N2O2. The quantitative estimate of drug-likeness (QED) is 0.701. The van der Waals surface area contributed by atoms with Crippen LogP contribution in [-0.4, -0.2) is 35.6 Å². The molecule has 0 fully saturated rings. The predicted octanol–water partition coefficient (Wildman–Crippen LogP) is 3.76. The highest BCUT2D eigenvalue weighted by Gasteiger charge is 2.25. The van der Waals surface area contributed by atoms with Crippen molar-refractivity contribution < 1.29 is 18.3 Å². The van der Waals surface area contributed by atoms with Crippen molar-refractivity contribution in [3.63, 3.8) is 0 Å². The largest absolute Gasteiger partial charge is 0.383 e. The molecule has 27 heavy (non-hydrogen) atoms. The van der Waals surface area contributed by atoms with Crippen LogP contribution in [0.25, 0.3) is 10.9 Å². The van der Waals surface area contributed by atoms with Gasteiger partial charge in [-0.15, -0.1) is 0 Å². The van der Waals surface area contributed by atoms with E-state index in [4.69, 9.17) is 4.74 Å². The summed E-state index contributed by atoms with van der Waals surface area (Å²) in [7, 11) is 1.68. The molecule has 1 aliphatic rings. The average molecular weight is 370 g/mol. The Morgan fingerprint density at radius 3 is 2.81 bits per heavy atom. The van der Waals surface area contributed by atoms with Crippen LogP contribution in [0.15, 0.2) is 42.6 Å². The van der Waals surface area contributed by atoms with E-state index in [1.807, 2.05) is 12.1 Å². The summed E-state index contributed by atoms with van der Waals surface area (Å²) in [5.41, 5.74) is 3.22. The Labute approximate surface area is 156 Å². The number of aromatic nitrogens is 1. The van der Waals surface area contributed by atoms with Gasteiger partial charge in [0.15, 0.2) is 0 Å². The van der Waals surface area contributed by atoms with E-state index in [0.717, 1.165) is 35.1 Å². The summed E-state index contributed by atoms with van der Waals surface area (Å²) >= 11 is 0. The summed E-state index contributed by atoms with van der Waals surface area (Å²) in [6.07, 6.45) is 2.79. The number of hydrogen-bond donors (Lipinski definition) is 0. The summed E-state index contributed by atoms with van der Waals surface area (Å²) in [5.74, 6) is -1.93. The number of methoxy groups -OCH3 is 1. The lowest BCUT2D eigenvalue weighted by Crippen LogP contribution is -2.32. The lowest BCUT2D eigenvalue weighted by molar-refractivity contribution is 0.0743. The molecule has 3 aromatic rings. The van der Waals surface area contributed by atoms with Crippen LogP contribution in [0.1, 0.15) is 21.5 Å². The molecule has 0 saturated heterocycles. The molecule has 0 atom stereocenters. The van der Waals surface area contributed by atoms with Gasteiger partial charge in [-0.1, -0.05) is 12.1 Å². The third kappa shape index (κ3) is 3.21. The molecule has 6 heteroatoms. The van der Waals surface area contributed by atoms with Gasteiger partial charge < -0.3 is 14.2 Å². The van der Waals surface area contributed by atoms with Gasteiger partial charge in [0.05, 0.1) is 12.2 Å². The van der Waals surface area contributed by atoms with Gasteiger partial charge in [0.25, 0.3) is 5.91 Å². The van der Waals surface area contributed by atoms with Crippen LogP contribution in [0, 0.1) is 11.6 Å². The van der Waals surface area contributed by atoms with Gasteiger partial charge in [-0.3, -0.25) is 4.79 Å². The van der Waals surface area contributed by atoms with Gasteiger partial charge in [0, 0.05) is 49.9 Å². The van der Waals surface area contributed by atoms with E-state index in [-0.39, 0.29) is 5.56 Å². The van der Waals surface area contributed by atoms with Crippen molar-refractivity contribution in [3.05, 3.63) is 70.9 Å². The van der Waals surface area contributed by atoms with Gasteiger partial charge in [0.2, 0.25) is 0 Å². The Kier molecular flexibility index (Phi) is 4.66. The molecule has 1 amide bonds. The molecule has 140 valence electrons. The fourth-order valence-corrected chi connectivity index (χ4v) is 3.76. The first-order chi connectivity index (χ1) is 13.1. The molecule has 0 bridgehead atoms. The van der Waals surface area contributed by atoms with Gasteiger partial charge in [-0.05, 0) is 35.7 Å². The molecule has 2 aromatic carbocycles. The SMILES string of the molecule is COCCn1cc2c3c(cccc31)CN(C(=O)c1ccc(F)cc1F)CC2. The highest BCUT2D eigenvalue weighted by Crippen LogP contribution is 2.30. The number of ether oxygens (including phenoxy) is 1. The predicted molar refractivity (Wildman–Crippen MR) is 98.6 cm³/mol. The first kappa shape index (κ1) is 17.7. The first-order valence-corrected chi connectivity index (χ1v) is 8.91. The Bertz CT molecular complexity index is 1010. The minimum absolute atomic E-state index is 0.0969. The van der Waals surface area contributed by atoms with E-state index in [1.54, 1.807) is 12.0 Å². The zero-order valence-electron chi connectivity index (χ0n) is 15.0. The average Bonchev–Trinajstić information content (AvgIpc) is 2.90. The highest BCUT2D eigenvalue weighted by molar-refractivity contribution is 5.95. The Balaban J connectivity index is 1.67. The molecule has 1 aliphatic heterocycles. The number of carbonyl (C=O) groups excluding carboxylic acids is 1. The Morgan fingerprint density at radius 2 is 2.04 bits per heavy atom. The first-order valence-electron chi connectivity index (χ1n) is 8.91. The molecule has 0 saturated carbocycles. The van der Waals surface area contributed by atoms with Crippen molar-refractivity contribution in [2.45, 2.75) is 19.5 Å². The fourth-order valence-electron chi connectivity index (χ4n) is 3.76. The monoisotopic (exact) mass is 370 g/mol. The summed E-state index contributed by atoms with van der Waals surface area (Å²) in [4.78, 5) is 14.5. The van der Waals surface area contributed by atoms with Gasteiger partial charge in [-0.25, -0.2) is 8.78 Å². The number of amides is 1. The molecule has 0 unspecified atom stereocenters. The molecule has 0 aliphatic carbocycles. The number of hydrogen-bond acceptors (Lipinski definition) is 2. The maximum atomic E-state index is 14.1. The number of nitrogens with zero attached hydrogens (tertiary/aromatic N) is 2. The lowest BCUT2D eigenvalue weighted by atomic mass is 10.1. The molecule has 2 heterocycles. The standard InChI is InChI=1S/C21H20F2N2O2/c1-27-10-9-24-12-15-7-8-25(13-14-3-2-4-19(24)20(14)15)21(26)17-6-5-16(22)11-18(17)23/h2-6,11-12H,7-10,13H2,1H3. The van der Waals surface area contributed by atoms with Crippen LogP contribution in [0.5, 0.6) is 0 Å². The van der Waals surface area contributed by atoms with Crippen molar-refractivity contribution in [2.75, 3.05) is 20.3 Å². The summed E-state index contributed by atoms with van der Waals surface area (Å²) in [6.45, 7) is 2.27. The fraction of sp³-hybridized carbons (Fsp3) is 0.286. The second kappa shape index (κ2) is 7.12. The van der Waals surface area contributed by atoms with E-state index >= 15 is 0 Å². The molecular weight excluding hydrogens is 350 g/mol. The van der Waals surface area contributed by atoms with Crippen molar-refractivity contribution in [1.29, 1.82) is 0 Å². The summed E-state index contributed by atoms with van der Waals surface area (Å²) in [5, 5.41) is 1.16. The normalized spacial score (nSPS) is 13.8. The van der Waals surface area contributed by atoms with E-state index in [0.29, 0.717) is 26.1 Å². The topological polar surface area (TPSA) is 34.5 Å². The second-order valence-corrected chi connectivity index (χ2v) is 6.75. The maximum Gasteiger partial charge on any atom is 0.257 e. The van der Waals surface area contributed by atoms with Crippen LogP contribution < -0.4 is 0 Å². The lowest BCUT2D eigenvalue weighted by Gasteiger charge is -2.21. The molecule has 4 rings (SSSR count). The van der Waals surface area contributed by atoms with Crippen molar-refractivity contribution in [1.82, 2.24) is 9.47 Å². The van der Waals surface area contributed by atoms with Crippen molar-refractivity contribution in [2.24, 2.45) is 0 Å². The maximum absolute atomic E-state index is 14.1. The minimum atomic E-state index is -0.827. The van der Waals surface area contributed by atoms with E-state index < -0.39 is 17.5 Å². The Hall–Kier alpha value is -2.73. The van der Waals surface area contributed by atoms with Crippen LogP contribution >= 0.6 is 0 Å². The van der Waals surface area contributed by atoms with E-state index in [2.05, 4.69) is 16.8 Å². The molecule has 4 nitrogen and oxygen atoms in total. The zero-order chi connectivity index (χ0) is 19.0. The number of halogens is 2. The molecule has 1 aromatic heterocycles. The van der Waals surface area contributed by atoms with Crippen LogP contribution in [0.4, 0.5) is 8.78 Å². The molecule has 0 radical (unpaired) electrons. The van der Waals surface area contributed by atoms with E-state index in [9.17, 15) is 13.6 Å². The highest BCUT2D eigenvalue weighted by atomic mass is 19.1. The third-order valence-corrected chi connectivity index (χ3v) is 5.07. The molecule has 0 N–H and O–H groups in total. The van der Waals surface area contributed by atoms with Crippen molar-refractivity contribution in [3.8, 4) is 0 Å². The van der Waals surface area contributed by atoms with Gasteiger partial charge in [0.1, 0.15) is 11.6 Å². The summed E-state index contributed by atoms with van der Waals surface area (Å²) in [6, 6.07) is 9.11. The zero-order valence-corrected chi connectivity index (χ0v) is 15.0. The van der Waals surface area contributed by atoms with Gasteiger partial charge >= 0.3 is 0 Å². The van der Waals surface area contributed by atoms with Crippen molar-refractivity contribution >= 4 is 16.8 Å². The smallest absolute Gasteiger partial charge is 0.257 e. The number of benzene rings is 2. The number of rotatable bonds is 4. The number of carbonyl (C=O) groups is 1. The molecule has 0 spiro atoms. The minimum Gasteiger partial charge on any atom is -0.383 e. The summed E-state index contributed by atoms with van der Waals surface area (Å²) < 4.78 is 34.6. The van der Waals surface area contributed by atoms with Gasteiger partial charge in [-0.2, -0.15) is 0 Å². The Morgan fingerprint density at radius 1 is 1.19 bits per heavy atom. The van der Waals surface area contributed by atoms with Crippen LogP contribution in [0.3, 0.4) is 0 Å². The van der Waals surface area contributed by atoms with Crippen LogP contribution in [-0.2, 0) is 24.2 Å². The third-order valence-electron chi connectivity index (χ3n) is 5.07. The van der Waals surface area contributed by atoms with Crippen LogP contribution in [0.2, 0.25) is 0 Å². The van der Waals surface area contributed by atoms with E-state index in [1.165, 1.54) is 11.6 Å². The second-order valence-electron chi connectivity index (χ2n) is 6.75.